The minimum absolute atomic E-state index is 0.655. The molecule has 0 saturated carbocycles. The highest BCUT2D eigenvalue weighted by atomic mass is 32.1. The van der Waals surface area contributed by atoms with Crippen LogP contribution in [0.1, 0.15) is 11.8 Å². The van der Waals surface area contributed by atoms with Crippen molar-refractivity contribution in [3.8, 4) is 22.6 Å². The summed E-state index contributed by atoms with van der Waals surface area (Å²) >= 11 is 1.67. The van der Waals surface area contributed by atoms with Crippen LogP contribution in [-0.4, -0.2) is 23.7 Å². The molecule has 0 fully saturated rings. The molecule has 2 aromatic carbocycles. The summed E-state index contributed by atoms with van der Waals surface area (Å²) in [5.41, 5.74) is 3.19. The average molecular weight is 391 g/mol. The van der Waals surface area contributed by atoms with Gasteiger partial charge < -0.3 is 14.8 Å². The third kappa shape index (κ3) is 3.51. The molecule has 4 aromatic rings. The minimum atomic E-state index is 0.655. The number of ether oxygens (including phenoxy) is 2. The van der Waals surface area contributed by atoms with Crippen molar-refractivity contribution in [2.45, 2.75) is 13.8 Å². The molecular weight excluding hydrogens is 370 g/mol. The van der Waals surface area contributed by atoms with Gasteiger partial charge in [0.2, 0.25) is 0 Å². The molecular formula is C22H21N3O2S. The van der Waals surface area contributed by atoms with E-state index in [9.17, 15) is 0 Å². The van der Waals surface area contributed by atoms with Crippen LogP contribution in [0.3, 0.4) is 0 Å². The maximum Gasteiger partial charge on any atom is 0.143 e. The van der Waals surface area contributed by atoms with Crippen LogP contribution < -0.4 is 14.8 Å². The van der Waals surface area contributed by atoms with Crippen LogP contribution >= 0.6 is 11.3 Å². The fourth-order valence-corrected chi connectivity index (χ4v) is 4.22. The first-order valence-corrected chi connectivity index (χ1v) is 9.89. The molecule has 5 nitrogen and oxygen atoms in total. The molecule has 0 aliphatic rings. The zero-order valence-electron chi connectivity index (χ0n) is 16.0. The molecule has 0 unspecified atom stereocenters. The van der Waals surface area contributed by atoms with Gasteiger partial charge in [0.05, 0.1) is 19.1 Å². The number of hydrogen-bond acceptors (Lipinski definition) is 6. The number of hydrogen-bond donors (Lipinski definition) is 1. The smallest absolute Gasteiger partial charge is 0.143 e. The van der Waals surface area contributed by atoms with Gasteiger partial charge in [-0.3, -0.25) is 0 Å². The van der Waals surface area contributed by atoms with Crippen molar-refractivity contribution in [2.75, 3.05) is 19.0 Å². The number of fused-ring (bicyclic) bond motifs is 1. The van der Waals surface area contributed by atoms with E-state index in [4.69, 9.17) is 9.47 Å². The van der Waals surface area contributed by atoms with E-state index >= 15 is 0 Å². The Labute approximate surface area is 168 Å². The first-order chi connectivity index (χ1) is 13.7. The molecule has 4 rings (SSSR count). The zero-order valence-corrected chi connectivity index (χ0v) is 16.8. The van der Waals surface area contributed by atoms with Gasteiger partial charge >= 0.3 is 0 Å². The number of nitrogens with zero attached hydrogens (tertiary/aromatic N) is 2. The molecule has 0 amide bonds. The Bertz CT molecular complexity index is 1110. The van der Waals surface area contributed by atoms with Crippen LogP contribution in [-0.2, 0) is 0 Å². The summed E-state index contributed by atoms with van der Waals surface area (Å²) in [6, 6.07) is 16.0. The van der Waals surface area contributed by atoms with Crippen LogP contribution in [0, 0.1) is 6.92 Å². The summed E-state index contributed by atoms with van der Waals surface area (Å²) in [5.74, 6) is 2.45. The first-order valence-electron chi connectivity index (χ1n) is 9.08. The Morgan fingerprint density at radius 2 is 1.86 bits per heavy atom. The van der Waals surface area contributed by atoms with Crippen LogP contribution in [0.25, 0.3) is 21.3 Å². The topological polar surface area (TPSA) is 56.3 Å². The van der Waals surface area contributed by atoms with Crippen molar-refractivity contribution in [1.29, 1.82) is 0 Å². The molecule has 0 aliphatic carbocycles. The second kappa shape index (κ2) is 7.86. The van der Waals surface area contributed by atoms with E-state index in [1.165, 1.54) is 4.88 Å². The number of benzene rings is 2. The molecule has 28 heavy (non-hydrogen) atoms. The molecule has 0 atom stereocenters. The SMILES string of the molecule is CCOc1ccc(-c2c(C)sc3ncnc(Nc4cccc(OC)c4)c23)cc1. The van der Waals surface area contributed by atoms with E-state index in [0.29, 0.717) is 6.61 Å². The summed E-state index contributed by atoms with van der Waals surface area (Å²) in [5, 5.41) is 4.45. The van der Waals surface area contributed by atoms with Gasteiger partial charge in [-0.05, 0) is 43.7 Å². The van der Waals surface area contributed by atoms with Crippen molar-refractivity contribution < 1.29 is 9.47 Å². The normalized spacial score (nSPS) is 10.8. The number of aromatic nitrogens is 2. The summed E-state index contributed by atoms with van der Waals surface area (Å²) in [7, 11) is 1.66. The van der Waals surface area contributed by atoms with Crippen LogP contribution in [0.5, 0.6) is 11.5 Å². The predicted molar refractivity (Wildman–Crippen MR) is 115 cm³/mol. The van der Waals surface area contributed by atoms with Gasteiger partial charge in [0.25, 0.3) is 0 Å². The molecule has 0 radical (unpaired) electrons. The van der Waals surface area contributed by atoms with Gasteiger partial charge in [0, 0.05) is 22.2 Å². The minimum Gasteiger partial charge on any atom is -0.497 e. The number of anilines is 2. The number of rotatable bonds is 6. The lowest BCUT2D eigenvalue weighted by Crippen LogP contribution is -1.96. The first kappa shape index (κ1) is 18.3. The van der Waals surface area contributed by atoms with Gasteiger partial charge in [-0.2, -0.15) is 0 Å². The van der Waals surface area contributed by atoms with Gasteiger partial charge in [-0.1, -0.05) is 18.2 Å². The van der Waals surface area contributed by atoms with Crippen LogP contribution in [0.15, 0.2) is 54.9 Å². The summed E-state index contributed by atoms with van der Waals surface area (Å²) < 4.78 is 10.9. The highest BCUT2D eigenvalue weighted by Crippen LogP contribution is 2.41. The molecule has 2 aromatic heterocycles. The highest BCUT2D eigenvalue weighted by molar-refractivity contribution is 7.19. The Morgan fingerprint density at radius 1 is 1.04 bits per heavy atom. The third-order valence-corrected chi connectivity index (χ3v) is 5.46. The largest absolute Gasteiger partial charge is 0.497 e. The van der Waals surface area contributed by atoms with E-state index in [1.807, 2.05) is 43.3 Å². The molecule has 1 N–H and O–H groups in total. The molecule has 2 heterocycles. The lowest BCUT2D eigenvalue weighted by molar-refractivity contribution is 0.340. The molecule has 0 aliphatic heterocycles. The number of thiophene rings is 1. The number of nitrogens with one attached hydrogen (secondary N) is 1. The van der Waals surface area contributed by atoms with E-state index in [0.717, 1.165) is 44.3 Å². The quantitative estimate of drug-likeness (QED) is 0.449. The fourth-order valence-electron chi connectivity index (χ4n) is 3.21. The summed E-state index contributed by atoms with van der Waals surface area (Å²) in [6.45, 7) is 4.76. The lowest BCUT2D eigenvalue weighted by atomic mass is 10.0. The van der Waals surface area contributed by atoms with E-state index < -0.39 is 0 Å². The third-order valence-electron chi connectivity index (χ3n) is 4.45. The average Bonchev–Trinajstić information content (AvgIpc) is 3.06. The van der Waals surface area contributed by atoms with Crippen molar-refractivity contribution in [3.05, 3.63) is 59.7 Å². The second-order valence-corrected chi connectivity index (χ2v) is 7.45. The molecule has 0 bridgehead atoms. The van der Waals surface area contributed by atoms with Crippen molar-refractivity contribution in [3.63, 3.8) is 0 Å². The van der Waals surface area contributed by atoms with Crippen molar-refractivity contribution in [1.82, 2.24) is 9.97 Å². The van der Waals surface area contributed by atoms with Gasteiger partial charge in [-0.25, -0.2) is 9.97 Å². The molecule has 142 valence electrons. The number of aryl methyl sites for hydroxylation is 1. The Morgan fingerprint density at radius 3 is 2.61 bits per heavy atom. The Kier molecular flexibility index (Phi) is 5.12. The maximum atomic E-state index is 5.57. The molecule has 0 saturated heterocycles. The van der Waals surface area contributed by atoms with Gasteiger partial charge in [0.15, 0.2) is 0 Å². The Hall–Kier alpha value is -3.12. The van der Waals surface area contributed by atoms with Gasteiger partial charge in [-0.15, -0.1) is 11.3 Å². The second-order valence-electron chi connectivity index (χ2n) is 6.25. The molecule has 6 heteroatoms. The standard InChI is InChI=1S/C22H21N3O2S/c1-4-27-17-10-8-15(9-11-17)19-14(2)28-22-20(19)21(23-13-24-22)25-16-6-5-7-18(12-16)26-3/h5-13H,4H2,1-3H3,(H,23,24,25). The van der Waals surface area contributed by atoms with Crippen molar-refractivity contribution in [2.24, 2.45) is 0 Å². The zero-order chi connectivity index (χ0) is 19.5. The predicted octanol–water partition coefficient (Wildman–Crippen LogP) is 5.82. The monoisotopic (exact) mass is 391 g/mol. The number of methoxy groups -OCH3 is 1. The van der Waals surface area contributed by atoms with Crippen LogP contribution in [0.2, 0.25) is 0 Å². The Balaban J connectivity index is 1.80. The fraction of sp³-hybridized carbons (Fsp3) is 0.182. The highest BCUT2D eigenvalue weighted by Gasteiger charge is 2.17. The molecule has 0 spiro atoms. The lowest BCUT2D eigenvalue weighted by Gasteiger charge is -2.10. The maximum absolute atomic E-state index is 5.57. The van der Waals surface area contributed by atoms with Crippen LogP contribution in [0.4, 0.5) is 11.5 Å². The van der Waals surface area contributed by atoms with Gasteiger partial charge in [0.1, 0.15) is 28.5 Å². The van der Waals surface area contributed by atoms with Crippen molar-refractivity contribution >= 4 is 33.1 Å². The van der Waals surface area contributed by atoms with E-state index in [1.54, 1.807) is 24.8 Å². The summed E-state index contributed by atoms with van der Waals surface area (Å²) in [4.78, 5) is 11.2. The summed E-state index contributed by atoms with van der Waals surface area (Å²) in [6.07, 6.45) is 1.60. The van der Waals surface area contributed by atoms with E-state index in [-0.39, 0.29) is 0 Å². The van der Waals surface area contributed by atoms with E-state index in [2.05, 4.69) is 34.3 Å².